The molecule has 0 unspecified atom stereocenters. The van der Waals surface area contributed by atoms with Gasteiger partial charge in [0.15, 0.2) is 0 Å². The first-order valence-corrected chi connectivity index (χ1v) is 12.1. The Morgan fingerprint density at radius 3 is 2.03 bits per heavy atom. The molecule has 9 nitrogen and oxygen atoms in total. The van der Waals surface area contributed by atoms with E-state index in [9.17, 15) is 9.59 Å². The molecule has 6 aromatic rings. The summed E-state index contributed by atoms with van der Waals surface area (Å²) in [6.07, 6.45) is 3.23. The molecule has 38 heavy (non-hydrogen) atoms. The number of para-hydroxylation sites is 1. The van der Waals surface area contributed by atoms with Crippen LogP contribution in [-0.2, 0) is 9.47 Å². The zero-order valence-electron chi connectivity index (χ0n) is 20.2. The van der Waals surface area contributed by atoms with Crippen LogP contribution in [0.4, 0.5) is 0 Å². The van der Waals surface area contributed by atoms with Crippen molar-refractivity contribution in [2.75, 3.05) is 14.2 Å². The van der Waals surface area contributed by atoms with E-state index in [0.29, 0.717) is 22.4 Å². The maximum absolute atomic E-state index is 11.8. The number of benzene rings is 3. The Bertz CT molecular complexity index is 1790. The smallest absolute Gasteiger partial charge is 0.337 e. The number of hydrogen-bond acceptors (Lipinski definition) is 9. The lowest BCUT2D eigenvalue weighted by Gasteiger charge is -2.04. The van der Waals surface area contributed by atoms with Crippen LogP contribution in [0.1, 0.15) is 20.7 Å². The topological polar surface area (TPSA) is 117 Å². The van der Waals surface area contributed by atoms with Crippen molar-refractivity contribution in [3.63, 3.8) is 0 Å². The van der Waals surface area contributed by atoms with Crippen molar-refractivity contribution in [3.05, 3.63) is 94.7 Å². The van der Waals surface area contributed by atoms with E-state index in [4.69, 9.17) is 9.15 Å². The van der Waals surface area contributed by atoms with Crippen molar-refractivity contribution in [1.82, 2.24) is 20.4 Å². The summed E-state index contributed by atoms with van der Waals surface area (Å²) in [6, 6.07) is 20.0. The molecule has 0 aliphatic carbocycles. The summed E-state index contributed by atoms with van der Waals surface area (Å²) in [5.74, 6) is -0.0620. The van der Waals surface area contributed by atoms with Crippen LogP contribution in [0, 0.1) is 0 Å². The molecular formula is C28H19BrN4O5. The molecule has 0 radical (unpaired) electrons. The fraction of sp³-hybridized carbons (Fsp3) is 0.0714. The average Bonchev–Trinajstić information content (AvgIpc) is 3.40. The molecule has 3 aromatic carbocycles. The lowest BCUT2D eigenvalue weighted by atomic mass is 10.1. The molecule has 0 saturated heterocycles. The highest BCUT2D eigenvalue weighted by Gasteiger charge is 2.14. The van der Waals surface area contributed by atoms with Crippen LogP contribution in [-0.4, -0.2) is 46.6 Å². The minimum Gasteiger partial charge on any atom is -0.465 e. The first-order valence-electron chi connectivity index (χ1n) is 11.3. The van der Waals surface area contributed by atoms with Gasteiger partial charge in [-0.3, -0.25) is 0 Å². The van der Waals surface area contributed by atoms with Crippen molar-refractivity contribution in [3.8, 4) is 11.3 Å². The Hall–Kier alpha value is -4.70. The van der Waals surface area contributed by atoms with Gasteiger partial charge in [-0.2, -0.15) is 20.4 Å². The van der Waals surface area contributed by atoms with Gasteiger partial charge in [0.2, 0.25) is 0 Å². The highest BCUT2D eigenvalue weighted by atomic mass is 79.9. The molecule has 0 atom stereocenters. The first-order chi connectivity index (χ1) is 18.5. The third kappa shape index (κ3) is 4.94. The second kappa shape index (κ2) is 10.7. The maximum Gasteiger partial charge on any atom is 0.337 e. The molecule has 0 fully saturated rings. The molecular weight excluding hydrogens is 552 g/mol. The van der Waals surface area contributed by atoms with Crippen LogP contribution >= 0.6 is 15.9 Å². The van der Waals surface area contributed by atoms with Gasteiger partial charge in [-0.15, -0.1) is 0 Å². The van der Waals surface area contributed by atoms with Crippen LogP contribution in [0.5, 0.6) is 0 Å². The van der Waals surface area contributed by atoms with E-state index in [-0.39, 0.29) is 11.9 Å². The van der Waals surface area contributed by atoms with E-state index in [1.54, 1.807) is 48.8 Å². The minimum absolute atomic E-state index is 0.361. The van der Waals surface area contributed by atoms with Gasteiger partial charge in [0.25, 0.3) is 0 Å². The molecule has 0 aliphatic heterocycles. The fourth-order valence-electron chi connectivity index (χ4n) is 3.88. The van der Waals surface area contributed by atoms with Gasteiger partial charge < -0.3 is 13.9 Å². The van der Waals surface area contributed by atoms with E-state index >= 15 is 0 Å². The summed E-state index contributed by atoms with van der Waals surface area (Å²) in [4.78, 5) is 23.1. The Labute approximate surface area is 224 Å². The zero-order chi connectivity index (χ0) is 26.6. The molecule has 0 N–H and O–H groups in total. The van der Waals surface area contributed by atoms with Crippen LogP contribution in [0.3, 0.4) is 0 Å². The number of ether oxygens (including phenoxy) is 2. The molecule has 10 heteroatoms. The molecule has 0 saturated carbocycles. The Morgan fingerprint density at radius 1 is 0.763 bits per heavy atom. The SMILES string of the molecule is COC(=O)c1ccc2nncc(-c3cc4ccccc4o3)c2c1.COC(=O)c1ccc2nncc(Br)c2c1. The first kappa shape index (κ1) is 25.0. The summed E-state index contributed by atoms with van der Waals surface area (Å²) < 4.78 is 16.1. The zero-order valence-corrected chi connectivity index (χ0v) is 21.8. The number of esters is 2. The number of furan rings is 1. The summed E-state index contributed by atoms with van der Waals surface area (Å²) >= 11 is 3.35. The van der Waals surface area contributed by atoms with E-state index in [1.807, 2.05) is 30.3 Å². The molecule has 3 aromatic heterocycles. The molecule has 188 valence electrons. The van der Waals surface area contributed by atoms with Crippen molar-refractivity contribution in [1.29, 1.82) is 0 Å². The van der Waals surface area contributed by atoms with Crippen LogP contribution < -0.4 is 0 Å². The number of carbonyl (C=O) groups is 2. The predicted molar refractivity (Wildman–Crippen MR) is 145 cm³/mol. The van der Waals surface area contributed by atoms with Crippen molar-refractivity contribution >= 4 is 60.6 Å². The van der Waals surface area contributed by atoms with E-state index in [1.165, 1.54) is 14.2 Å². The van der Waals surface area contributed by atoms with Gasteiger partial charge in [-0.25, -0.2) is 9.59 Å². The number of halogens is 1. The minimum atomic E-state index is -0.390. The number of aromatic nitrogens is 4. The van der Waals surface area contributed by atoms with Crippen LogP contribution in [0.25, 0.3) is 44.1 Å². The third-order valence-electron chi connectivity index (χ3n) is 5.76. The third-order valence-corrected chi connectivity index (χ3v) is 6.39. The van der Waals surface area contributed by atoms with Crippen molar-refractivity contribution < 1.29 is 23.5 Å². The van der Waals surface area contributed by atoms with Gasteiger partial charge in [0.1, 0.15) is 11.3 Å². The number of nitrogens with zero attached hydrogens (tertiary/aromatic N) is 4. The Kier molecular flexibility index (Phi) is 7.05. The average molecular weight is 571 g/mol. The second-order valence-corrected chi connectivity index (χ2v) is 8.90. The highest BCUT2D eigenvalue weighted by Crippen LogP contribution is 2.32. The largest absolute Gasteiger partial charge is 0.465 e. The van der Waals surface area contributed by atoms with Crippen LogP contribution in [0.2, 0.25) is 0 Å². The number of rotatable bonds is 3. The van der Waals surface area contributed by atoms with Gasteiger partial charge in [-0.1, -0.05) is 18.2 Å². The molecule has 0 spiro atoms. The summed E-state index contributed by atoms with van der Waals surface area (Å²) in [7, 11) is 2.71. The second-order valence-electron chi connectivity index (χ2n) is 8.05. The van der Waals surface area contributed by atoms with Gasteiger partial charge in [0, 0.05) is 26.2 Å². The van der Waals surface area contributed by atoms with Crippen molar-refractivity contribution in [2.45, 2.75) is 0 Å². The van der Waals surface area contributed by atoms with E-state index < -0.39 is 0 Å². The number of fused-ring (bicyclic) bond motifs is 3. The maximum atomic E-state index is 11.8. The van der Waals surface area contributed by atoms with E-state index in [0.717, 1.165) is 37.3 Å². The standard InChI is InChI=1S/C18H12N2O3.C10H7BrN2O2/c1-22-18(21)12-6-7-15-13(8-12)14(10-19-20-15)17-9-11-4-2-3-5-16(11)23-17;1-15-10(14)6-2-3-9-7(4-6)8(11)5-12-13-9/h2-10H,1H3;2-5H,1H3. The normalized spacial score (nSPS) is 10.7. The molecule has 0 bridgehead atoms. The molecule has 6 rings (SSSR count). The number of hydrogen-bond donors (Lipinski definition) is 0. The lowest BCUT2D eigenvalue weighted by molar-refractivity contribution is 0.0592. The van der Waals surface area contributed by atoms with Gasteiger partial charge >= 0.3 is 11.9 Å². The fourth-order valence-corrected chi connectivity index (χ4v) is 4.29. The predicted octanol–water partition coefficient (Wildman–Crippen LogP) is 6.01. The highest BCUT2D eigenvalue weighted by molar-refractivity contribution is 9.10. The Morgan fingerprint density at radius 2 is 1.37 bits per heavy atom. The molecule has 0 amide bonds. The lowest BCUT2D eigenvalue weighted by Crippen LogP contribution is -2.01. The van der Waals surface area contributed by atoms with Crippen molar-refractivity contribution in [2.24, 2.45) is 0 Å². The van der Waals surface area contributed by atoms with Gasteiger partial charge in [-0.05, 0) is 64.5 Å². The summed E-state index contributed by atoms with van der Waals surface area (Å²) in [6.45, 7) is 0. The number of carbonyl (C=O) groups excluding carboxylic acids is 2. The molecule has 3 heterocycles. The summed E-state index contributed by atoms with van der Waals surface area (Å²) in [5.41, 5.74) is 3.98. The molecule has 0 aliphatic rings. The van der Waals surface area contributed by atoms with Gasteiger partial charge in [0.05, 0.1) is 48.8 Å². The van der Waals surface area contributed by atoms with Crippen LogP contribution in [0.15, 0.2) is 88.0 Å². The monoisotopic (exact) mass is 570 g/mol. The Balaban J connectivity index is 0.000000170. The number of methoxy groups -OCH3 is 2. The quantitative estimate of drug-likeness (QED) is 0.236. The summed E-state index contributed by atoms with van der Waals surface area (Å²) in [5, 5.41) is 18.5. The van der Waals surface area contributed by atoms with E-state index in [2.05, 4.69) is 41.1 Å².